The molecule has 0 bridgehead atoms. The molecule has 2 saturated heterocycles. The summed E-state index contributed by atoms with van der Waals surface area (Å²) in [7, 11) is 0. The third kappa shape index (κ3) is 5.22. The van der Waals surface area contributed by atoms with Crippen LogP contribution in [0, 0.1) is 5.92 Å². The maximum atomic E-state index is 6.58. The Kier molecular flexibility index (Phi) is 7.22. The smallest absolute Gasteiger partial charge is 0.123 e. The van der Waals surface area contributed by atoms with E-state index in [9.17, 15) is 0 Å². The number of hydrogen-bond acceptors (Lipinski definition) is 7. The van der Waals surface area contributed by atoms with Crippen molar-refractivity contribution in [2.75, 3.05) is 26.4 Å². The first-order chi connectivity index (χ1) is 16.2. The number of nitrogens with zero attached hydrogens (tertiary/aromatic N) is 1. The van der Waals surface area contributed by atoms with Gasteiger partial charge in [-0.2, -0.15) is 5.48 Å². The van der Waals surface area contributed by atoms with Crippen LogP contribution in [0.1, 0.15) is 22.6 Å². The fourth-order valence-corrected chi connectivity index (χ4v) is 5.96. The third-order valence-electron chi connectivity index (χ3n) is 6.27. The molecule has 174 valence electrons. The molecule has 2 aromatic carbocycles. The zero-order valence-electron chi connectivity index (χ0n) is 18.2. The van der Waals surface area contributed by atoms with Gasteiger partial charge in [-0.05, 0) is 33.5 Å². The normalized spacial score (nSPS) is 24.0. The molecule has 2 fully saturated rings. The summed E-state index contributed by atoms with van der Waals surface area (Å²) in [5, 5.41) is 2.97. The van der Waals surface area contributed by atoms with E-state index in [1.54, 1.807) is 11.3 Å². The summed E-state index contributed by atoms with van der Waals surface area (Å²) in [6.07, 6.45) is 0.751. The number of ether oxygens (including phenoxy) is 3. The van der Waals surface area contributed by atoms with Crippen LogP contribution in [0.5, 0.6) is 0 Å². The summed E-state index contributed by atoms with van der Waals surface area (Å²) in [6.45, 7) is 3.01. The molecule has 2 aliphatic rings. The Labute approximate surface area is 206 Å². The highest BCUT2D eigenvalue weighted by Crippen LogP contribution is 2.46. The molecule has 0 amide bonds. The topological polar surface area (TPSA) is 61.8 Å². The first-order valence-corrected chi connectivity index (χ1v) is 12.7. The minimum atomic E-state index is -0.554. The van der Waals surface area contributed by atoms with Gasteiger partial charge < -0.3 is 19.0 Å². The molecule has 3 aromatic rings. The monoisotopic (exact) mass is 530 g/mol. The number of thiazole rings is 1. The highest BCUT2D eigenvalue weighted by atomic mass is 79.9. The Hall–Kier alpha value is -1.65. The molecular weight excluding hydrogens is 504 g/mol. The van der Waals surface area contributed by atoms with E-state index in [0.29, 0.717) is 39.6 Å². The molecule has 2 atom stereocenters. The van der Waals surface area contributed by atoms with Gasteiger partial charge in [0.25, 0.3) is 0 Å². The number of benzene rings is 2. The van der Waals surface area contributed by atoms with Crippen LogP contribution in [-0.4, -0.2) is 37.0 Å². The zero-order valence-corrected chi connectivity index (χ0v) is 20.6. The largest absolute Gasteiger partial charge is 0.374 e. The lowest BCUT2D eigenvalue weighted by Gasteiger charge is -2.46. The van der Waals surface area contributed by atoms with Crippen molar-refractivity contribution in [1.29, 1.82) is 0 Å². The van der Waals surface area contributed by atoms with Crippen molar-refractivity contribution >= 4 is 27.3 Å². The molecule has 6 nitrogen and oxygen atoms in total. The number of aromatic nitrogens is 1. The lowest BCUT2D eigenvalue weighted by Crippen LogP contribution is -2.58. The summed E-state index contributed by atoms with van der Waals surface area (Å²) in [5.41, 5.74) is 4.51. The maximum absolute atomic E-state index is 6.58. The molecule has 3 heterocycles. The first-order valence-electron chi connectivity index (χ1n) is 11.1. The van der Waals surface area contributed by atoms with Gasteiger partial charge >= 0.3 is 0 Å². The Morgan fingerprint density at radius 3 is 2.21 bits per heavy atom. The van der Waals surface area contributed by atoms with E-state index in [2.05, 4.69) is 50.7 Å². The second-order valence-corrected chi connectivity index (χ2v) is 10.4. The van der Waals surface area contributed by atoms with Crippen LogP contribution in [0.3, 0.4) is 0 Å². The van der Waals surface area contributed by atoms with Crippen LogP contribution < -0.4 is 5.48 Å². The van der Waals surface area contributed by atoms with Crippen molar-refractivity contribution in [3.05, 3.63) is 86.8 Å². The molecule has 0 saturated carbocycles. The maximum Gasteiger partial charge on any atom is 0.123 e. The van der Waals surface area contributed by atoms with Gasteiger partial charge in [0.15, 0.2) is 0 Å². The average molecular weight is 531 g/mol. The first kappa shape index (κ1) is 23.1. The van der Waals surface area contributed by atoms with E-state index < -0.39 is 11.1 Å². The molecule has 0 aliphatic carbocycles. The Morgan fingerprint density at radius 2 is 1.64 bits per heavy atom. The van der Waals surface area contributed by atoms with Gasteiger partial charge in [0.1, 0.15) is 20.8 Å². The van der Waals surface area contributed by atoms with Crippen molar-refractivity contribution in [2.24, 2.45) is 5.92 Å². The Bertz CT molecular complexity index is 990. The predicted molar refractivity (Wildman–Crippen MR) is 130 cm³/mol. The molecule has 0 spiro atoms. The van der Waals surface area contributed by atoms with E-state index in [-0.39, 0.29) is 5.92 Å². The van der Waals surface area contributed by atoms with Crippen LogP contribution in [0.15, 0.2) is 70.6 Å². The van der Waals surface area contributed by atoms with Crippen LogP contribution in [0.2, 0.25) is 0 Å². The molecule has 2 aliphatic heterocycles. The summed E-state index contributed by atoms with van der Waals surface area (Å²) < 4.78 is 19.8. The molecule has 33 heavy (non-hydrogen) atoms. The van der Waals surface area contributed by atoms with E-state index in [1.807, 2.05) is 41.8 Å². The molecular formula is C25H27BrN2O4S. The fraction of sp³-hybridized carbons (Fsp3) is 0.400. The highest BCUT2D eigenvalue weighted by molar-refractivity contribution is 9.10. The number of fused-ring (bicyclic) bond motifs is 1. The SMILES string of the molecule is Brc1csc([C@]23COC(COCc4ccccc4)(COCc4ccccc4)C[C@H]2CON3)n1. The fourth-order valence-electron chi connectivity index (χ4n) is 4.49. The van der Waals surface area contributed by atoms with Gasteiger partial charge in [-0.3, -0.25) is 0 Å². The third-order valence-corrected chi connectivity index (χ3v) is 8.00. The molecule has 1 N–H and O–H groups in total. The number of hydrogen-bond donors (Lipinski definition) is 1. The van der Waals surface area contributed by atoms with Crippen molar-refractivity contribution in [1.82, 2.24) is 10.5 Å². The van der Waals surface area contributed by atoms with Gasteiger partial charge in [-0.1, -0.05) is 60.7 Å². The number of rotatable bonds is 9. The minimum absolute atomic E-state index is 0.199. The lowest BCUT2D eigenvalue weighted by atomic mass is 9.76. The number of nitrogens with one attached hydrogen (secondary N) is 1. The Morgan fingerprint density at radius 1 is 1.00 bits per heavy atom. The van der Waals surface area contributed by atoms with Crippen molar-refractivity contribution < 1.29 is 19.0 Å². The van der Waals surface area contributed by atoms with E-state index in [1.165, 1.54) is 0 Å². The van der Waals surface area contributed by atoms with Gasteiger partial charge in [0.05, 0.1) is 39.6 Å². The lowest BCUT2D eigenvalue weighted by molar-refractivity contribution is -0.193. The standard InChI is InChI=1S/C25H27BrN2O4S/c26-22-15-33-23(27-22)25-18-31-24(11-21(25)14-32-28-25,16-29-12-19-7-3-1-4-8-19)17-30-13-20-9-5-2-6-10-20/h1-10,15,21,28H,11-14,16-18H2/t21-,25-/m0/s1. The Balaban J connectivity index is 1.30. The van der Waals surface area contributed by atoms with E-state index >= 15 is 0 Å². The van der Waals surface area contributed by atoms with Crippen LogP contribution in [0.4, 0.5) is 0 Å². The molecule has 5 rings (SSSR count). The number of hydroxylamine groups is 1. The zero-order chi connectivity index (χ0) is 22.6. The van der Waals surface area contributed by atoms with Gasteiger partial charge in [-0.15, -0.1) is 11.3 Å². The number of halogens is 1. The van der Waals surface area contributed by atoms with Crippen LogP contribution in [-0.2, 0) is 37.8 Å². The average Bonchev–Trinajstić information content (AvgIpc) is 3.47. The van der Waals surface area contributed by atoms with E-state index in [0.717, 1.165) is 27.2 Å². The summed E-state index contributed by atoms with van der Waals surface area (Å²) in [6, 6.07) is 20.4. The highest BCUT2D eigenvalue weighted by Gasteiger charge is 2.56. The van der Waals surface area contributed by atoms with Crippen molar-refractivity contribution in [3.8, 4) is 0 Å². The molecule has 8 heteroatoms. The quantitative estimate of drug-likeness (QED) is 0.426. The van der Waals surface area contributed by atoms with E-state index in [4.69, 9.17) is 19.0 Å². The second kappa shape index (κ2) is 10.3. The summed E-state index contributed by atoms with van der Waals surface area (Å²) >= 11 is 5.09. The van der Waals surface area contributed by atoms with Crippen LogP contribution >= 0.6 is 27.3 Å². The molecule has 1 aromatic heterocycles. The summed E-state index contributed by atoms with van der Waals surface area (Å²) in [5.74, 6) is 0.199. The van der Waals surface area contributed by atoms with Gasteiger partial charge in [-0.25, -0.2) is 4.98 Å². The van der Waals surface area contributed by atoms with Crippen LogP contribution in [0.25, 0.3) is 0 Å². The molecule has 0 unspecified atom stereocenters. The van der Waals surface area contributed by atoms with Crippen molar-refractivity contribution in [3.63, 3.8) is 0 Å². The second-order valence-electron chi connectivity index (χ2n) is 8.69. The van der Waals surface area contributed by atoms with Crippen molar-refractivity contribution in [2.45, 2.75) is 30.8 Å². The molecule has 0 radical (unpaired) electrons. The predicted octanol–water partition coefficient (Wildman–Crippen LogP) is 4.84. The minimum Gasteiger partial charge on any atom is -0.374 e. The summed E-state index contributed by atoms with van der Waals surface area (Å²) in [4.78, 5) is 10.4. The van der Waals surface area contributed by atoms with Gasteiger partial charge in [0, 0.05) is 11.3 Å². The van der Waals surface area contributed by atoms with Gasteiger partial charge in [0.2, 0.25) is 0 Å².